The normalized spacial score (nSPS) is 11.8. The van der Waals surface area contributed by atoms with Gasteiger partial charge in [-0.05, 0) is 44.0 Å². The van der Waals surface area contributed by atoms with E-state index in [1.807, 2.05) is 6.92 Å². The summed E-state index contributed by atoms with van der Waals surface area (Å²) in [5.74, 6) is -0.601. The number of aromatic hydroxyl groups is 1. The summed E-state index contributed by atoms with van der Waals surface area (Å²) in [6, 6.07) is 1.54. The van der Waals surface area contributed by atoms with Gasteiger partial charge in [0.1, 0.15) is 11.8 Å². The van der Waals surface area contributed by atoms with Crippen LogP contribution in [0.3, 0.4) is 0 Å². The molecule has 0 aliphatic heterocycles. The first kappa shape index (κ1) is 14.8. The molecule has 2 aromatic rings. The molecule has 2 rings (SSSR count). The van der Waals surface area contributed by atoms with Gasteiger partial charge in [-0.1, -0.05) is 18.2 Å². The topological polar surface area (TPSA) is 67.5 Å². The van der Waals surface area contributed by atoms with E-state index in [9.17, 15) is 14.7 Å². The third-order valence-electron chi connectivity index (χ3n) is 3.27. The van der Waals surface area contributed by atoms with Crippen LogP contribution in [0, 0.1) is 6.92 Å². The Morgan fingerprint density at radius 3 is 2.62 bits per heavy atom. The molecule has 0 aliphatic carbocycles. The van der Waals surface area contributed by atoms with Crippen molar-refractivity contribution in [2.75, 3.05) is 0 Å². The fraction of sp³-hybridized carbons (Fsp3) is 0.176. The number of carbonyl (C=O) groups is 1. The molecule has 0 saturated heterocycles. The summed E-state index contributed by atoms with van der Waals surface area (Å²) in [5.41, 5.74) is 1.53. The van der Waals surface area contributed by atoms with Crippen molar-refractivity contribution in [1.29, 1.82) is 0 Å². The Labute approximate surface area is 122 Å². The van der Waals surface area contributed by atoms with Gasteiger partial charge in [0.25, 0.3) is 0 Å². The van der Waals surface area contributed by atoms with Gasteiger partial charge in [-0.25, -0.2) is 0 Å². The largest absolute Gasteiger partial charge is 0.502 e. The van der Waals surface area contributed by atoms with Crippen molar-refractivity contribution in [2.24, 2.45) is 0 Å². The molecule has 0 fully saturated rings. The van der Waals surface area contributed by atoms with Gasteiger partial charge in [-0.2, -0.15) is 0 Å². The highest BCUT2D eigenvalue weighted by molar-refractivity contribution is 6.09. The van der Waals surface area contributed by atoms with Crippen LogP contribution in [0.15, 0.2) is 39.8 Å². The third kappa shape index (κ3) is 2.52. The lowest BCUT2D eigenvalue weighted by atomic mass is 9.94. The fourth-order valence-corrected chi connectivity index (χ4v) is 2.30. The second-order valence-electron chi connectivity index (χ2n) is 4.65. The molecule has 1 aromatic heterocycles. The van der Waals surface area contributed by atoms with Gasteiger partial charge in [-0.15, -0.1) is 0 Å². The molecule has 0 atom stereocenters. The number of ketones is 1. The van der Waals surface area contributed by atoms with Crippen LogP contribution in [-0.2, 0) is 0 Å². The standard InChI is InChI=1S/C17H16O4/c1-4-6-11-10(3)16-15(21-9-14(19)17(16)20)8-12(11)13(18)7-5-2/h4-9,19H,1-3H3/b6-4+,7-5+. The van der Waals surface area contributed by atoms with Gasteiger partial charge in [0.15, 0.2) is 11.5 Å². The quantitative estimate of drug-likeness (QED) is 0.690. The molecule has 0 spiro atoms. The minimum absolute atomic E-state index is 0.161. The molecular weight excluding hydrogens is 268 g/mol. The molecule has 21 heavy (non-hydrogen) atoms. The summed E-state index contributed by atoms with van der Waals surface area (Å²) >= 11 is 0. The van der Waals surface area contributed by atoms with Crippen molar-refractivity contribution in [3.8, 4) is 5.75 Å². The highest BCUT2D eigenvalue weighted by atomic mass is 16.3. The summed E-state index contributed by atoms with van der Waals surface area (Å²) in [6.07, 6.45) is 7.68. The molecule has 1 heterocycles. The van der Waals surface area contributed by atoms with Gasteiger partial charge >= 0.3 is 0 Å². The molecule has 0 saturated carbocycles. The van der Waals surface area contributed by atoms with Gasteiger partial charge in [0.2, 0.25) is 5.43 Å². The number of hydrogen-bond donors (Lipinski definition) is 1. The average Bonchev–Trinajstić information content (AvgIpc) is 2.45. The zero-order chi connectivity index (χ0) is 15.6. The molecule has 0 bridgehead atoms. The van der Waals surface area contributed by atoms with Crippen molar-refractivity contribution in [2.45, 2.75) is 20.8 Å². The predicted octanol–water partition coefficient (Wildman–Crippen LogP) is 3.60. The number of fused-ring (bicyclic) bond motifs is 1. The molecule has 108 valence electrons. The molecule has 4 heteroatoms. The lowest BCUT2D eigenvalue weighted by Gasteiger charge is -2.10. The van der Waals surface area contributed by atoms with E-state index < -0.39 is 11.2 Å². The molecule has 1 N–H and O–H groups in total. The minimum Gasteiger partial charge on any atom is -0.502 e. The Hall–Kier alpha value is -2.62. The van der Waals surface area contributed by atoms with E-state index in [2.05, 4.69) is 0 Å². The van der Waals surface area contributed by atoms with Crippen molar-refractivity contribution in [1.82, 2.24) is 0 Å². The fourth-order valence-electron chi connectivity index (χ4n) is 2.30. The third-order valence-corrected chi connectivity index (χ3v) is 3.27. The van der Waals surface area contributed by atoms with Crippen LogP contribution in [0.25, 0.3) is 17.0 Å². The van der Waals surface area contributed by atoms with Crippen LogP contribution in [0.5, 0.6) is 5.75 Å². The van der Waals surface area contributed by atoms with E-state index in [1.165, 1.54) is 6.08 Å². The monoisotopic (exact) mass is 284 g/mol. The Balaban J connectivity index is 2.94. The zero-order valence-corrected chi connectivity index (χ0v) is 12.1. The number of rotatable bonds is 3. The Bertz CT molecular complexity index is 823. The van der Waals surface area contributed by atoms with Crippen molar-refractivity contribution >= 4 is 22.8 Å². The zero-order valence-electron chi connectivity index (χ0n) is 12.1. The number of carbonyl (C=O) groups excluding carboxylic acids is 1. The van der Waals surface area contributed by atoms with E-state index in [0.717, 1.165) is 6.26 Å². The highest BCUT2D eigenvalue weighted by Crippen LogP contribution is 2.26. The second kappa shape index (κ2) is 5.79. The Kier molecular flexibility index (Phi) is 4.08. The smallest absolute Gasteiger partial charge is 0.234 e. The minimum atomic E-state index is -0.496. The maximum absolute atomic E-state index is 12.2. The molecule has 0 radical (unpaired) electrons. The molecule has 0 amide bonds. The number of benzene rings is 1. The van der Waals surface area contributed by atoms with Crippen molar-refractivity contribution in [3.63, 3.8) is 0 Å². The maximum Gasteiger partial charge on any atom is 0.234 e. The lowest BCUT2D eigenvalue weighted by Crippen LogP contribution is -2.07. The van der Waals surface area contributed by atoms with Crippen LogP contribution >= 0.6 is 0 Å². The molecule has 1 aromatic carbocycles. The van der Waals surface area contributed by atoms with E-state index in [4.69, 9.17) is 4.42 Å². The number of aryl methyl sites for hydroxylation is 1. The van der Waals surface area contributed by atoms with Crippen molar-refractivity contribution in [3.05, 3.63) is 57.5 Å². The van der Waals surface area contributed by atoms with Crippen LogP contribution in [0.4, 0.5) is 0 Å². The van der Waals surface area contributed by atoms with E-state index in [0.29, 0.717) is 22.1 Å². The maximum atomic E-state index is 12.2. The first-order valence-electron chi connectivity index (χ1n) is 6.59. The second-order valence-corrected chi connectivity index (χ2v) is 4.65. The summed E-state index contributed by atoms with van der Waals surface area (Å²) in [5, 5.41) is 9.81. The average molecular weight is 284 g/mol. The molecule has 0 aliphatic rings. The molecule has 4 nitrogen and oxygen atoms in total. The van der Waals surface area contributed by atoms with Gasteiger partial charge < -0.3 is 9.52 Å². The van der Waals surface area contributed by atoms with Crippen molar-refractivity contribution < 1.29 is 14.3 Å². The van der Waals surface area contributed by atoms with E-state index in [-0.39, 0.29) is 11.4 Å². The number of allylic oxidation sites excluding steroid dienone is 3. The Morgan fingerprint density at radius 1 is 1.29 bits per heavy atom. The van der Waals surface area contributed by atoms with Crippen LogP contribution in [-0.4, -0.2) is 10.9 Å². The number of hydrogen-bond acceptors (Lipinski definition) is 4. The summed E-state index contributed by atoms with van der Waals surface area (Å²) in [7, 11) is 0. The highest BCUT2D eigenvalue weighted by Gasteiger charge is 2.17. The molecule has 0 unspecified atom stereocenters. The van der Waals surface area contributed by atoms with Gasteiger partial charge in [-0.3, -0.25) is 9.59 Å². The Morgan fingerprint density at radius 2 is 2.00 bits per heavy atom. The molecular formula is C17H16O4. The summed E-state index contributed by atoms with van der Waals surface area (Å²) in [4.78, 5) is 24.3. The van der Waals surface area contributed by atoms with E-state index >= 15 is 0 Å². The summed E-state index contributed by atoms with van der Waals surface area (Å²) < 4.78 is 5.26. The van der Waals surface area contributed by atoms with E-state index in [1.54, 1.807) is 38.1 Å². The first-order chi connectivity index (χ1) is 10.0. The lowest BCUT2D eigenvalue weighted by molar-refractivity contribution is 0.104. The first-order valence-corrected chi connectivity index (χ1v) is 6.59. The van der Waals surface area contributed by atoms with Crippen LogP contribution in [0.1, 0.15) is 35.3 Å². The predicted molar refractivity (Wildman–Crippen MR) is 82.7 cm³/mol. The van der Waals surface area contributed by atoms with Gasteiger partial charge in [0, 0.05) is 5.56 Å². The van der Waals surface area contributed by atoms with Crippen LogP contribution < -0.4 is 5.43 Å². The van der Waals surface area contributed by atoms with Gasteiger partial charge in [0.05, 0.1) is 5.39 Å². The van der Waals surface area contributed by atoms with Crippen LogP contribution in [0.2, 0.25) is 0 Å². The summed E-state index contributed by atoms with van der Waals surface area (Å²) in [6.45, 7) is 5.33. The SMILES string of the molecule is C/C=C/C(=O)c1cc2occ(O)c(=O)c2c(C)c1/C=C/C.